The largest absolute Gasteiger partial charge is 0.353 e. The lowest BCUT2D eigenvalue weighted by atomic mass is 9.87. The fourth-order valence-corrected chi connectivity index (χ4v) is 3.95. The molecule has 3 rings (SSSR count). The zero-order valence-corrected chi connectivity index (χ0v) is 16.1. The van der Waals surface area contributed by atoms with Crippen molar-refractivity contribution in [3.63, 3.8) is 0 Å². The van der Waals surface area contributed by atoms with E-state index >= 15 is 0 Å². The standard InChI is InChI=1S/C18H23ClN4OS/c1-12-3-6-14(7-4-12)21-17(24)10-25-18-22-20-11-23(18)15-8-5-13(2)16(19)9-15/h5,8-9,11-12,14H,3-4,6-7,10H2,1-2H3,(H,21,24). The Bertz CT molecular complexity index is 740. The Labute approximate surface area is 157 Å². The molecule has 0 radical (unpaired) electrons. The van der Waals surface area contributed by atoms with Crippen LogP contribution in [0.5, 0.6) is 0 Å². The lowest BCUT2D eigenvalue weighted by molar-refractivity contribution is -0.119. The molecule has 1 N–H and O–H groups in total. The van der Waals surface area contributed by atoms with Gasteiger partial charge >= 0.3 is 0 Å². The van der Waals surface area contributed by atoms with E-state index in [1.165, 1.54) is 24.6 Å². The third-order valence-corrected chi connectivity index (χ3v) is 6.01. The van der Waals surface area contributed by atoms with Crippen LogP contribution in [-0.4, -0.2) is 32.5 Å². The smallest absolute Gasteiger partial charge is 0.230 e. The number of benzene rings is 1. The average molecular weight is 379 g/mol. The maximum absolute atomic E-state index is 12.2. The Morgan fingerprint density at radius 2 is 2.12 bits per heavy atom. The van der Waals surface area contributed by atoms with Crippen LogP contribution in [-0.2, 0) is 4.79 Å². The van der Waals surface area contributed by atoms with E-state index in [0.717, 1.165) is 30.0 Å². The molecule has 1 heterocycles. The molecule has 1 aromatic heterocycles. The van der Waals surface area contributed by atoms with Crippen LogP contribution in [0.1, 0.15) is 38.2 Å². The molecule has 1 fully saturated rings. The van der Waals surface area contributed by atoms with Crippen molar-refractivity contribution >= 4 is 29.3 Å². The first kappa shape index (κ1) is 18.3. The van der Waals surface area contributed by atoms with Crippen molar-refractivity contribution in [1.29, 1.82) is 0 Å². The third kappa shape index (κ3) is 4.76. The van der Waals surface area contributed by atoms with Crippen LogP contribution >= 0.6 is 23.4 Å². The van der Waals surface area contributed by atoms with Crippen molar-refractivity contribution in [2.75, 3.05) is 5.75 Å². The number of hydrogen-bond donors (Lipinski definition) is 1. The Morgan fingerprint density at radius 3 is 2.84 bits per heavy atom. The number of aromatic nitrogens is 3. The summed E-state index contributed by atoms with van der Waals surface area (Å²) in [6.07, 6.45) is 6.19. The van der Waals surface area contributed by atoms with Gasteiger partial charge in [-0.3, -0.25) is 9.36 Å². The minimum Gasteiger partial charge on any atom is -0.353 e. The summed E-state index contributed by atoms with van der Waals surface area (Å²) >= 11 is 7.59. The summed E-state index contributed by atoms with van der Waals surface area (Å²) in [4.78, 5) is 12.2. The molecular formula is C18H23ClN4OS. The van der Waals surface area contributed by atoms with Crippen LogP contribution in [0.3, 0.4) is 0 Å². The highest BCUT2D eigenvalue weighted by molar-refractivity contribution is 7.99. The van der Waals surface area contributed by atoms with Crippen LogP contribution in [0, 0.1) is 12.8 Å². The van der Waals surface area contributed by atoms with Gasteiger partial charge < -0.3 is 5.32 Å². The van der Waals surface area contributed by atoms with E-state index in [4.69, 9.17) is 11.6 Å². The fourth-order valence-electron chi connectivity index (χ4n) is 3.04. The Morgan fingerprint density at radius 1 is 1.36 bits per heavy atom. The van der Waals surface area contributed by atoms with E-state index < -0.39 is 0 Å². The predicted molar refractivity (Wildman–Crippen MR) is 101 cm³/mol. The summed E-state index contributed by atoms with van der Waals surface area (Å²) in [6.45, 7) is 4.24. The van der Waals surface area contributed by atoms with Gasteiger partial charge in [0.05, 0.1) is 11.4 Å². The lowest BCUT2D eigenvalue weighted by Crippen LogP contribution is -2.38. The van der Waals surface area contributed by atoms with Gasteiger partial charge in [-0.2, -0.15) is 0 Å². The number of rotatable bonds is 5. The molecule has 1 aliphatic carbocycles. The second kappa shape index (κ2) is 8.23. The number of carbonyl (C=O) groups excluding carboxylic acids is 1. The van der Waals surface area contributed by atoms with E-state index in [1.807, 2.05) is 29.7 Å². The first-order chi connectivity index (χ1) is 12.0. The van der Waals surface area contributed by atoms with Crippen LogP contribution in [0.2, 0.25) is 5.02 Å². The number of aryl methyl sites for hydroxylation is 1. The van der Waals surface area contributed by atoms with E-state index in [9.17, 15) is 4.79 Å². The zero-order valence-electron chi connectivity index (χ0n) is 14.5. The fraction of sp³-hybridized carbons (Fsp3) is 0.500. The molecule has 25 heavy (non-hydrogen) atoms. The number of nitrogens with one attached hydrogen (secondary N) is 1. The zero-order chi connectivity index (χ0) is 17.8. The second-order valence-electron chi connectivity index (χ2n) is 6.73. The van der Waals surface area contributed by atoms with E-state index in [0.29, 0.717) is 22.0 Å². The molecule has 134 valence electrons. The maximum Gasteiger partial charge on any atom is 0.230 e. The van der Waals surface area contributed by atoms with E-state index in [2.05, 4.69) is 22.4 Å². The molecule has 0 aliphatic heterocycles. The summed E-state index contributed by atoms with van der Waals surface area (Å²) < 4.78 is 1.85. The summed E-state index contributed by atoms with van der Waals surface area (Å²) in [6, 6.07) is 6.13. The highest BCUT2D eigenvalue weighted by atomic mass is 35.5. The van der Waals surface area contributed by atoms with E-state index in [1.54, 1.807) is 6.33 Å². The summed E-state index contributed by atoms with van der Waals surface area (Å²) in [5, 5.41) is 12.6. The molecule has 1 aromatic carbocycles. The first-order valence-electron chi connectivity index (χ1n) is 8.61. The van der Waals surface area contributed by atoms with Gasteiger partial charge in [0.1, 0.15) is 6.33 Å². The van der Waals surface area contributed by atoms with Crippen molar-refractivity contribution in [2.45, 2.75) is 50.7 Å². The molecule has 1 amide bonds. The van der Waals surface area contributed by atoms with Crippen LogP contribution in [0.4, 0.5) is 0 Å². The van der Waals surface area contributed by atoms with E-state index in [-0.39, 0.29) is 5.91 Å². The molecule has 7 heteroatoms. The molecule has 0 saturated heterocycles. The molecule has 1 aliphatic rings. The van der Waals surface area contributed by atoms with Gasteiger partial charge in [0.25, 0.3) is 0 Å². The summed E-state index contributed by atoms with van der Waals surface area (Å²) in [5.74, 6) is 1.17. The molecule has 0 bridgehead atoms. The topological polar surface area (TPSA) is 59.8 Å². The van der Waals surface area contributed by atoms with Gasteiger partial charge in [-0.25, -0.2) is 0 Å². The first-order valence-corrected chi connectivity index (χ1v) is 9.98. The molecule has 2 aromatic rings. The highest BCUT2D eigenvalue weighted by Crippen LogP contribution is 2.25. The summed E-state index contributed by atoms with van der Waals surface area (Å²) in [7, 11) is 0. The molecule has 0 atom stereocenters. The van der Waals surface area contributed by atoms with Crippen molar-refractivity contribution in [1.82, 2.24) is 20.1 Å². The monoisotopic (exact) mass is 378 g/mol. The van der Waals surface area contributed by atoms with Gasteiger partial charge in [-0.15, -0.1) is 10.2 Å². The predicted octanol–water partition coefficient (Wildman–Crippen LogP) is 4.02. The molecule has 0 unspecified atom stereocenters. The van der Waals surface area contributed by atoms with Crippen molar-refractivity contribution in [3.8, 4) is 5.69 Å². The van der Waals surface area contributed by atoms with Crippen molar-refractivity contribution < 1.29 is 4.79 Å². The maximum atomic E-state index is 12.2. The minimum atomic E-state index is 0.0565. The number of nitrogens with zero attached hydrogens (tertiary/aromatic N) is 3. The number of hydrogen-bond acceptors (Lipinski definition) is 4. The second-order valence-corrected chi connectivity index (χ2v) is 8.08. The minimum absolute atomic E-state index is 0.0565. The van der Waals surface area contributed by atoms with Gasteiger partial charge in [0.2, 0.25) is 5.91 Å². The Hall–Kier alpha value is -1.53. The van der Waals surface area contributed by atoms with Crippen LogP contribution < -0.4 is 5.32 Å². The number of carbonyl (C=O) groups is 1. The normalized spacial score (nSPS) is 20.4. The molecule has 0 spiro atoms. The quantitative estimate of drug-likeness (QED) is 0.798. The summed E-state index contributed by atoms with van der Waals surface area (Å²) in [5.41, 5.74) is 1.92. The number of thioether (sulfide) groups is 1. The number of halogens is 1. The van der Waals surface area contributed by atoms with Crippen LogP contribution in [0.15, 0.2) is 29.7 Å². The van der Waals surface area contributed by atoms with Gasteiger partial charge in [-0.1, -0.05) is 36.4 Å². The third-order valence-electron chi connectivity index (χ3n) is 4.66. The average Bonchev–Trinajstić information content (AvgIpc) is 3.06. The highest BCUT2D eigenvalue weighted by Gasteiger charge is 2.20. The van der Waals surface area contributed by atoms with Gasteiger partial charge in [-0.05, 0) is 56.2 Å². The van der Waals surface area contributed by atoms with Gasteiger partial charge in [0, 0.05) is 11.1 Å². The van der Waals surface area contributed by atoms with Crippen molar-refractivity contribution in [2.24, 2.45) is 5.92 Å². The molecule has 1 saturated carbocycles. The molecule has 5 nitrogen and oxygen atoms in total. The van der Waals surface area contributed by atoms with Gasteiger partial charge in [0.15, 0.2) is 5.16 Å². The lowest BCUT2D eigenvalue weighted by Gasteiger charge is -2.26. The Balaban J connectivity index is 1.58. The number of amides is 1. The molecular weight excluding hydrogens is 356 g/mol. The van der Waals surface area contributed by atoms with Crippen molar-refractivity contribution in [3.05, 3.63) is 35.1 Å². The van der Waals surface area contributed by atoms with Crippen LogP contribution in [0.25, 0.3) is 5.69 Å². The Kier molecular flexibility index (Phi) is 6.02. The SMILES string of the molecule is Cc1ccc(-n2cnnc2SCC(=O)NC2CCC(C)CC2)cc1Cl.